The van der Waals surface area contributed by atoms with Gasteiger partial charge in [-0.05, 0) is 28.2 Å². The van der Waals surface area contributed by atoms with Crippen LogP contribution in [-0.2, 0) is 14.3 Å². The van der Waals surface area contributed by atoms with Gasteiger partial charge in [-0.2, -0.15) is 11.8 Å². The molecule has 0 aromatic heterocycles. The topological polar surface area (TPSA) is 105 Å². The quantitative estimate of drug-likeness (QED) is 0.407. The minimum absolute atomic E-state index is 0.0225. The molecule has 1 aliphatic rings. The predicted octanol–water partition coefficient (Wildman–Crippen LogP) is 3.88. The van der Waals surface area contributed by atoms with Crippen LogP contribution in [0.5, 0.6) is 0 Å². The van der Waals surface area contributed by atoms with Gasteiger partial charge in [-0.3, -0.25) is 9.59 Å². The molecule has 3 rings (SSSR count). The number of thioether (sulfide) groups is 1. The molecule has 176 valence electrons. The van der Waals surface area contributed by atoms with Crippen molar-refractivity contribution < 1.29 is 24.2 Å². The molecule has 0 radical (unpaired) electrons. The van der Waals surface area contributed by atoms with E-state index >= 15 is 0 Å². The van der Waals surface area contributed by atoms with Gasteiger partial charge in [-0.15, -0.1) is 0 Å². The average molecular weight is 471 g/mol. The monoisotopic (exact) mass is 470 g/mol. The number of hydrogen-bond acceptors (Lipinski definition) is 5. The largest absolute Gasteiger partial charge is 0.481 e. The molecule has 2 aromatic rings. The van der Waals surface area contributed by atoms with Crippen LogP contribution in [0.2, 0.25) is 0 Å². The van der Waals surface area contributed by atoms with Crippen molar-refractivity contribution >= 4 is 29.7 Å². The third kappa shape index (κ3) is 6.99. The first-order valence-corrected chi connectivity index (χ1v) is 12.3. The molecule has 3 N–H and O–H groups in total. The van der Waals surface area contributed by atoms with Crippen molar-refractivity contribution in [2.45, 2.75) is 25.7 Å². The molecule has 0 bridgehead atoms. The van der Waals surface area contributed by atoms with Gasteiger partial charge in [0, 0.05) is 31.2 Å². The SMILES string of the molecule is CCC(CNC(=O)CSCCNC(=O)OCC1c2ccccc2-c2ccccc21)CC(=O)O. The first-order valence-electron chi connectivity index (χ1n) is 11.1. The Morgan fingerprint density at radius 2 is 1.67 bits per heavy atom. The first-order chi connectivity index (χ1) is 16.0. The number of carbonyl (C=O) groups is 3. The van der Waals surface area contributed by atoms with Gasteiger partial charge in [0.05, 0.1) is 5.75 Å². The molecule has 1 atom stereocenters. The third-order valence-electron chi connectivity index (χ3n) is 5.72. The Bertz CT molecular complexity index is 935. The Kier molecular flexibility index (Phi) is 9.18. The number of benzene rings is 2. The summed E-state index contributed by atoms with van der Waals surface area (Å²) in [6, 6.07) is 16.4. The Morgan fingerprint density at radius 1 is 1.03 bits per heavy atom. The molecule has 0 spiro atoms. The van der Waals surface area contributed by atoms with E-state index in [4.69, 9.17) is 9.84 Å². The van der Waals surface area contributed by atoms with E-state index < -0.39 is 12.1 Å². The van der Waals surface area contributed by atoms with E-state index in [-0.39, 0.29) is 36.5 Å². The predicted molar refractivity (Wildman–Crippen MR) is 129 cm³/mol. The summed E-state index contributed by atoms with van der Waals surface area (Å²) in [6.45, 7) is 2.93. The van der Waals surface area contributed by atoms with Crippen molar-refractivity contribution in [1.29, 1.82) is 0 Å². The van der Waals surface area contributed by atoms with Gasteiger partial charge in [0.25, 0.3) is 0 Å². The lowest BCUT2D eigenvalue weighted by Gasteiger charge is -2.14. The van der Waals surface area contributed by atoms with Gasteiger partial charge >= 0.3 is 12.1 Å². The summed E-state index contributed by atoms with van der Waals surface area (Å²) in [6.07, 6.45) is 0.277. The lowest BCUT2D eigenvalue weighted by atomic mass is 9.98. The molecule has 2 amide bonds. The minimum atomic E-state index is -0.857. The van der Waals surface area contributed by atoms with Crippen molar-refractivity contribution in [2.75, 3.05) is 31.2 Å². The molecule has 7 nitrogen and oxygen atoms in total. The number of ether oxygens (including phenoxy) is 1. The van der Waals surface area contributed by atoms with E-state index in [0.29, 0.717) is 25.3 Å². The number of amides is 2. The standard InChI is InChI=1S/C25H30N2O5S/c1-2-17(13-24(29)30)14-27-23(28)16-33-12-11-26-25(31)32-15-22-20-9-5-3-7-18(20)19-8-4-6-10-21(19)22/h3-10,17,22H,2,11-16H2,1H3,(H,26,31)(H,27,28)(H,29,30). The number of fused-ring (bicyclic) bond motifs is 3. The van der Waals surface area contributed by atoms with Crippen LogP contribution in [0.3, 0.4) is 0 Å². The van der Waals surface area contributed by atoms with E-state index in [9.17, 15) is 14.4 Å². The van der Waals surface area contributed by atoms with Crippen LogP contribution in [0.4, 0.5) is 4.79 Å². The normalized spacial score (nSPS) is 13.0. The van der Waals surface area contributed by atoms with Crippen molar-refractivity contribution in [3.05, 3.63) is 59.7 Å². The average Bonchev–Trinajstić information content (AvgIpc) is 3.13. The van der Waals surface area contributed by atoms with Crippen LogP contribution < -0.4 is 10.6 Å². The van der Waals surface area contributed by atoms with Crippen LogP contribution >= 0.6 is 11.8 Å². The van der Waals surface area contributed by atoms with E-state index in [1.165, 1.54) is 34.0 Å². The second-order valence-corrected chi connectivity index (χ2v) is 9.09. The first kappa shape index (κ1) is 24.6. The lowest BCUT2D eigenvalue weighted by molar-refractivity contribution is -0.138. The van der Waals surface area contributed by atoms with E-state index in [0.717, 1.165) is 0 Å². The number of rotatable bonds is 12. The Balaban J connectivity index is 1.33. The fraction of sp³-hybridized carbons (Fsp3) is 0.400. The van der Waals surface area contributed by atoms with Crippen LogP contribution in [0.25, 0.3) is 11.1 Å². The zero-order valence-electron chi connectivity index (χ0n) is 18.7. The van der Waals surface area contributed by atoms with Crippen molar-refractivity contribution in [1.82, 2.24) is 10.6 Å². The molecule has 33 heavy (non-hydrogen) atoms. The summed E-state index contributed by atoms with van der Waals surface area (Å²) in [7, 11) is 0. The second kappa shape index (κ2) is 12.3. The van der Waals surface area contributed by atoms with Gasteiger partial charge in [0.1, 0.15) is 6.61 Å². The van der Waals surface area contributed by atoms with E-state index in [1.807, 2.05) is 31.2 Å². The maximum Gasteiger partial charge on any atom is 0.407 e. The minimum Gasteiger partial charge on any atom is -0.481 e. The Morgan fingerprint density at radius 3 is 2.27 bits per heavy atom. The Hall–Kier alpha value is -3.00. The van der Waals surface area contributed by atoms with Crippen molar-refractivity contribution in [3.63, 3.8) is 0 Å². The molecule has 0 saturated heterocycles. The molecule has 2 aromatic carbocycles. The van der Waals surface area contributed by atoms with Crippen LogP contribution in [0, 0.1) is 5.92 Å². The zero-order chi connectivity index (χ0) is 23.6. The molecule has 0 fully saturated rings. The van der Waals surface area contributed by atoms with Crippen molar-refractivity contribution in [3.8, 4) is 11.1 Å². The molecule has 0 aliphatic heterocycles. The second-order valence-electron chi connectivity index (χ2n) is 7.98. The highest BCUT2D eigenvalue weighted by atomic mass is 32.2. The molecular formula is C25H30N2O5S. The van der Waals surface area contributed by atoms with E-state index in [2.05, 4.69) is 34.9 Å². The van der Waals surface area contributed by atoms with Gasteiger partial charge in [-0.25, -0.2) is 4.79 Å². The number of alkyl carbamates (subject to hydrolysis) is 1. The summed E-state index contributed by atoms with van der Waals surface area (Å²) < 4.78 is 5.49. The fourth-order valence-corrected chi connectivity index (χ4v) is 4.63. The highest BCUT2D eigenvalue weighted by Gasteiger charge is 2.28. The summed E-state index contributed by atoms with van der Waals surface area (Å²) in [5.41, 5.74) is 4.71. The van der Waals surface area contributed by atoms with Gasteiger partial charge in [-0.1, -0.05) is 61.9 Å². The number of nitrogens with one attached hydrogen (secondary N) is 2. The maximum atomic E-state index is 12.1. The van der Waals surface area contributed by atoms with Crippen LogP contribution in [-0.4, -0.2) is 54.3 Å². The molecule has 1 unspecified atom stereocenters. The number of carboxylic acid groups (broad SMARTS) is 1. The zero-order valence-corrected chi connectivity index (χ0v) is 19.5. The van der Waals surface area contributed by atoms with E-state index in [1.54, 1.807) is 0 Å². The number of hydrogen-bond donors (Lipinski definition) is 3. The van der Waals surface area contributed by atoms with Gasteiger partial charge in [0.15, 0.2) is 0 Å². The molecular weight excluding hydrogens is 440 g/mol. The smallest absolute Gasteiger partial charge is 0.407 e. The highest BCUT2D eigenvalue weighted by molar-refractivity contribution is 7.99. The van der Waals surface area contributed by atoms with Crippen molar-refractivity contribution in [2.24, 2.45) is 5.92 Å². The summed E-state index contributed by atoms with van der Waals surface area (Å²) in [5.74, 6) is -0.199. The molecule has 1 aliphatic carbocycles. The van der Waals surface area contributed by atoms with Gasteiger partial charge < -0.3 is 20.5 Å². The number of carbonyl (C=O) groups excluding carboxylic acids is 2. The lowest BCUT2D eigenvalue weighted by Crippen LogP contribution is -2.32. The summed E-state index contributed by atoms with van der Waals surface area (Å²) in [5, 5.41) is 14.4. The fourth-order valence-electron chi connectivity index (χ4n) is 3.96. The molecule has 8 heteroatoms. The Labute approximate surface area is 198 Å². The van der Waals surface area contributed by atoms with Crippen LogP contribution in [0.1, 0.15) is 36.8 Å². The highest BCUT2D eigenvalue weighted by Crippen LogP contribution is 2.44. The third-order valence-corrected chi connectivity index (χ3v) is 6.68. The van der Waals surface area contributed by atoms with Crippen LogP contribution in [0.15, 0.2) is 48.5 Å². The molecule has 0 heterocycles. The van der Waals surface area contributed by atoms with Gasteiger partial charge in [0.2, 0.25) is 5.91 Å². The summed E-state index contributed by atoms with van der Waals surface area (Å²) >= 11 is 1.40. The molecule has 0 saturated carbocycles. The maximum absolute atomic E-state index is 12.1. The number of aliphatic carboxylic acids is 1. The summed E-state index contributed by atoms with van der Waals surface area (Å²) in [4.78, 5) is 34.8. The number of carboxylic acids is 1.